The van der Waals surface area contributed by atoms with Crippen LogP contribution in [0.3, 0.4) is 0 Å². The van der Waals surface area contributed by atoms with Crippen LogP contribution >= 0.6 is 0 Å². The Bertz CT molecular complexity index is 1120. The van der Waals surface area contributed by atoms with Crippen LogP contribution in [0.15, 0.2) is 41.4 Å². The molecule has 0 radical (unpaired) electrons. The van der Waals surface area contributed by atoms with Gasteiger partial charge in [-0.3, -0.25) is 4.79 Å². The van der Waals surface area contributed by atoms with Gasteiger partial charge in [0.1, 0.15) is 17.3 Å². The van der Waals surface area contributed by atoms with E-state index in [2.05, 4.69) is 4.90 Å². The number of amides is 1. The number of amidine groups is 1. The lowest BCUT2D eigenvalue weighted by Crippen LogP contribution is -2.38. The van der Waals surface area contributed by atoms with E-state index in [9.17, 15) is 18.0 Å². The van der Waals surface area contributed by atoms with Crippen molar-refractivity contribution in [1.29, 1.82) is 0 Å². The molecule has 34 heavy (non-hydrogen) atoms. The van der Waals surface area contributed by atoms with Gasteiger partial charge in [-0.05, 0) is 49.1 Å². The number of halogens is 3. The summed E-state index contributed by atoms with van der Waals surface area (Å²) < 4.78 is 46.2. The summed E-state index contributed by atoms with van der Waals surface area (Å²) in [5.41, 5.74) is 1.01. The Morgan fingerprint density at radius 3 is 2.44 bits per heavy atom. The standard InChI is InChI=1S/C26H30F3N3O2/c1-17-6-8-21-19(14-17)24(30-20-15-18(26(27,28)29)7-9-22(20)34-21)32-11-5-10-31(12-13-32)23(33)16-25(2,3)4/h6-9,14-15H,5,10-13,16H2,1-4H3. The van der Waals surface area contributed by atoms with Crippen LogP contribution in [0, 0.1) is 12.3 Å². The molecule has 182 valence electrons. The van der Waals surface area contributed by atoms with E-state index < -0.39 is 11.7 Å². The largest absolute Gasteiger partial charge is 0.454 e. The van der Waals surface area contributed by atoms with Crippen LogP contribution in [0.1, 0.15) is 50.3 Å². The van der Waals surface area contributed by atoms with Crippen LogP contribution < -0.4 is 4.74 Å². The highest BCUT2D eigenvalue weighted by Gasteiger charge is 2.33. The van der Waals surface area contributed by atoms with Gasteiger partial charge >= 0.3 is 6.18 Å². The molecule has 5 nitrogen and oxygen atoms in total. The maximum Gasteiger partial charge on any atom is 0.416 e. The van der Waals surface area contributed by atoms with Crippen LogP contribution in [0.4, 0.5) is 18.9 Å². The summed E-state index contributed by atoms with van der Waals surface area (Å²) >= 11 is 0. The minimum Gasteiger partial charge on any atom is -0.454 e. The Kier molecular flexibility index (Phi) is 6.36. The number of carbonyl (C=O) groups is 1. The number of hydrogen-bond acceptors (Lipinski definition) is 4. The predicted molar refractivity (Wildman–Crippen MR) is 126 cm³/mol. The van der Waals surface area contributed by atoms with Gasteiger partial charge in [0, 0.05) is 32.6 Å². The van der Waals surface area contributed by atoms with E-state index in [0.29, 0.717) is 44.2 Å². The number of fused-ring (bicyclic) bond motifs is 2. The number of nitrogens with zero attached hydrogens (tertiary/aromatic N) is 3. The first-order chi connectivity index (χ1) is 15.9. The Morgan fingerprint density at radius 2 is 1.74 bits per heavy atom. The highest BCUT2D eigenvalue weighted by atomic mass is 19.4. The van der Waals surface area contributed by atoms with Gasteiger partial charge in [0.05, 0.1) is 11.1 Å². The molecule has 1 amide bonds. The molecule has 0 bridgehead atoms. The van der Waals surface area contributed by atoms with Gasteiger partial charge in [-0.25, -0.2) is 4.99 Å². The minimum absolute atomic E-state index is 0.0951. The Balaban J connectivity index is 1.70. The van der Waals surface area contributed by atoms with Gasteiger partial charge in [-0.15, -0.1) is 0 Å². The molecular weight excluding hydrogens is 443 g/mol. The molecule has 2 aromatic carbocycles. The van der Waals surface area contributed by atoms with E-state index in [1.165, 1.54) is 6.07 Å². The normalized spacial score (nSPS) is 16.6. The lowest BCUT2D eigenvalue weighted by Gasteiger charge is -2.27. The van der Waals surface area contributed by atoms with E-state index in [-0.39, 0.29) is 22.8 Å². The third kappa shape index (κ3) is 5.37. The Hall–Kier alpha value is -3.03. The summed E-state index contributed by atoms with van der Waals surface area (Å²) in [6.07, 6.45) is -3.26. The molecule has 0 aromatic heterocycles. The number of hydrogen-bond donors (Lipinski definition) is 0. The van der Waals surface area contributed by atoms with Crippen molar-refractivity contribution in [3.05, 3.63) is 53.1 Å². The fraction of sp³-hybridized carbons (Fsp3) is 0.462. The number of aliphatic imine (C=N–C) groups is 1. The van der Waals surface area contributed by atoms with Gasteiger partial charge in [0.15, 0.2) is 5.75 Å². The molecule has 2 heterocycles. The molecule has 0 spiro atoms. The molecule has 2 aliphatic rings. The maximum atomic E-state index is 13.4. The maximum absolute atomic E-state index is 13.4. The van der Waals surface area contributed by atoms with Crippen LogP contribution in [0.2, 0.25) is 0 Å². The topological polar surface area (TPSA) is 45.1 Å². The van der Waals surface area contributed by atoms with Crippen molar-refractivity contribution in [2.75, 3.05) is 26.2 Å². The SMILES string of the molecule is Cc1ccc2c(c1)C(N1CCCN(C(=O)CC(C)(C)C)CC1)=Nc1cc(C(F)(F)F)ccc1O2. The fourth-order valence-electron chi connectivity index (χ4n) is 4.25. The highest BCUT2D eigenvalue weighted by Crippen LogP contribution is 2.42. The number of carbonyl (C=O) groups excluding carboxylic acids is 1. The fourth-order valence-corrected chi connectivity index (χ4v) is 4.25. The summed E-state index contributed by atoms with van der Waals surface area (Å²) in [5, 5.41) is 0. The zero-order valence-electron chi connectivity index (χ0n) is 20.0. The first kappa shape index (κ1) is 24.1. The lowest BCUT2D eigenvalue weighted by molar-refractivity contribution is -0.137. The number of benzene rings is 2. The van der Waals surface area contributed by atoms with E-state index in [0.717, 1.165) is 29.7 Å². The molecule has 0 unspecified atom stereocenters. The van der Waals surface area contributed by atoms with Gasteiger partial charge in [-0.1, -0.05) is 32.4 Å². The zero-order chi connectivity index (χ0) is 24.7. The van der Waals surface area contributed by atoms with Crippen LogP contribution in [0.25, 0.3) is 0 Å². The number of aryl methyl sites for hydroxylation is 1. The smallest absolute Gasteiger partial charge is 0.416 e. The molecule has 2 aliphatic heterocycles. The van der Waals surface area contributed by atoms with Crippen LogP contribution in [-0.2, 0) is 11.0 Å². The molecule has 1 fully saturated rings. The molecule has 0 atom stereocenters. The second-order valence-electron chi connectivity index (χ2n) is 10.2. The van der Waals surface area contributed by atoms with Crippen LogP contribution in [0.5, 0.6) is 11.5 Å². The van der Waals surface area contributed by atoms with Crippen molar-refractivity contribution in [1.82, 2.24) is 9.80 Å². The summed E-state index contributed by atoms with van der Waals surface area (Å²) in [5.74, 6) is 1.52. The summed E-state index contributed by atoms with van der Waals surface area (Å²) in [7, 11) is 0. The summed E-state index contributed by atoms with van der Waals surface area (Å²) in [6, 6.07) is 9.04. The summed E-state index contributed by atoms with van der Waals surface area (Å²) in [6.45, 7) is 10.4. The Labute approximate surface area is 198 Å². The molecule has 0 N–H and O–H groups in total. The quantitative estimate of drug-likeness (QED) is 0.498. The van der Waals surface area contributed by atoms with Crippen molar-refractivity contribution in [3.8, 4) is 11.5 Å². The van der Waals surface area contributed by atoms with Gasteiger partial charge in [0.2, 0.25) is 5.91 Å². The predicted octanol–water partition coefficient (Wildman–Crippen LogP) is 6.17. The van der Waals surface area contributed by atoms with Gasteiger partial charge < -0.3 is 14.5 Å². The molecule has 0 aliphatic carbocycles. The first-order valence-electron chi connectivity index (χ1n) is 11.5. The van der Waals surface area contributed by atoms with Gasteiger partial charge in [0.25, 0.3) is 0 Å². The van der Waals surface area contributed by atoms with E-state index in [1.54, 1.807) is 0 Å². The van der Waals surface area contributed by atoms with Crippen molar-refractivity contribution < 1.29 is 22.7 Å². The number of ether oxygens (including phenoxy) is 1. The molecule has 0 saturated carbocycles. The second-order valence-corrected chi connectivity index (χ2v) is 10.2. The molecule has 4 rings (SSSR count). The first-order valence-corrected chi connectivity index (χ1v) is 11.5. The molecule has 1 saturated heterocycles. The van der Waals surface area contributed by atoms with Crippen molar-refractivity contribution in [2.45, 2.75) is 46.7 Å². The van der Waals surface area contributed by atoms with Crippen molar-refractivity contribution >= 4 is 17.4 Å². The van der Waals surface area contributed by atoms with Crippen molar-refractivity contribution in [2.24, 2.45) is 10.4 Å². The molecule has 2 aromatic rings. The average Bonchev–Trinajstić information content (AvgIpc) is 3.06. The number of rotatable bonds is 1. The van der Waals surface area contributed by atoms with E-state index in [1.807, 2.05) is 50.8 Å². The molecule has 8 heteroatoms. The van der Waals surface area contributed by atoms with Crippen molar-refractivity contribution in [3.63, 3.8) is 0 Å². The van der Waals surface area contributed by atoms with E-state index >= 15 is 0 Å². The highest BCUT2D eigenvalue weighted by molar-refractivity contribution is 6.04. The van der Waals surface area contributed by atoms with Gasteiger partial charge in [-0.2, -0.15) is 13.2 Å². The summed E-state index contributed by atoms with van der Waals surface area (Å²) in [4.78, 5) is 21.4. The molecular formula is C26H30F3N3O2. The third-order valence-electron chi connectivity index (χ3n) is 5.94. The monoisotopic (exact) mass is 473 g/mol. The zero-order valence-corrected chi connectivity index (χ0v) is 20.0. The number of alkyl halides is 3. The third-order valence-corrected chi connectivity index (χ3v) is 5.94. The Morgan fingerprint density at radius 1 is 1.00 bits per heavy atom. The second kappa shape index (κ2) is 8.96. The minimum atomic E-state index is -4.48. The van der Waals surface area contributed by atoms with Crippen LogP contribution in [-0.4, -0.2) is 47.7 Å². The van der Waals surface area contributed by atoms with E-state index in [4.69, 9.17) is 9.73 Å². The average molecular weight is 474 g/mol. The lowest BCUT2D eigenvalue weighted by atomic mass is 9.91.